The summed E-state index contributed by atoms with van der Waals surface area (Å²) in [5, 5.41) is 3.95. The van der Waals surface area contributed by atoms with Crippen molar-refractivity contribution in [3.8, 4) is 0 Å². The fourth-order valence-corrected chi connectivity index (χ4v) is 5.75. The lowest BCUT2D eigenvalue weighted by Crippen LogP contribution is -2.41. The number of hydrogen-bond donors (Lipinski definition) is 1. The molecule has 1 unspecified atom stereocenters. The van der Waals surface area contributed by atoms with Gasteiger partial charge in [0.05, 0.1) is 23.8 Å². The Bertz CT molecular complexity index is 1900. The lowest BCUT2D eigenvalue weighted by molar-refractivity contribution is 0.0457. The molecule has 3 heterocycles. The number of ether oxygens (including phenoxy) is 2. The third-order valence-corrected chi connectivity index (χ3v) is 8.06. The SMILES string of the molecule is Cn1c(C(NC(=O)OC(C)(C)C)C2CCC2)nc2c1c(=O)n(Cc1cc3c(Cl)cccc3n1C(=O)OC(C)(C)C)c(=O)n2C. The lowest BCUT2D eigenvalue weighted by atomic mass is 9.79. The zero-order chi connectivity index (χ0) is 32.3. The van der Waals surface area contributed by atoms with E-state index in [0.29, 0.717) is 27.4 Å². The van der Waals surface area contributed by atoms with Gasteiger partial charge in [0.25, 0.3) is 5.56 Å². The van der Waals surface area contributed by atoms with Gasteiger partial charge in [-0.2, -0.15) is 0 Å². The van der Waals surface area contributed by atoms with Gasteiger partial charge in [-0.15, -0.1) is 0 Å². The fraction of sp³-hybridized carbons (Fsp3) is 0.516. The lowest BCUT2D eigenvalue weighted by Gasteiger charge is -2.34. The van der Waals surface area contributed by atoms with Gasteiger partial charge < -0.3 is 19.4 Å². The van der Waals surface area contributed by atoms with Crippen LogP contribution >= 0.6 is 11.6 Å². The van der Waals surface area contributed by atoms with Crippen molar-refractivity contribution in [3.63, 3.8) is 0 Å². The quantitative estimate of drug-likeness (QED) is 0.320. The van der Waals surface area contributed by atoms with Gasteiger partial charge in [-0.05, 0) is 78.5 Å². The number of alkyl carbamates (subject to hydrolysis) is 1. The Morgan fingerprint density at radius 1 is 1.05 bits per heavy atom. The summed E-state index contributed by atoms with van der Waals surface area (Å²) in [4.78, 5) is 58.6. The predicted octanol–water partition coefficient (Wildman–Crippen LogP) is 5.24. The molecule has 5 rings (SSSR count). The van der Waals surface area contributed by atoms with Crippen LogP contribution in [0.5, 0.6) is 0 Å². The van der Waals surface area contributed by atoms with Crippen molar-refractivity contribution in [3.05, 3.63) is 61.6 Å². The number of nitrogens with zero attached hydrogens (tertiary/aromatic N) is 5. The number of carbonyl (C=O) groups excluding carboxylic acids is 2. The van der Waals surface area contributed by atoms with Crippen molar-refractivity contribution >= 4 is 45.9 Å². The largest absolute Gasteiger partial charge is 0.444 e. The summed E-state index contributed by atoms with van der Waals surface area (Å²) in [5.74, 6) is 0.557. The highest BCUT2D eigenvalue weighted by molar-refractivity contribution is 6.35. The molecule has 0 bridgehead atoms. The number of benzene rings is 1. The molecule has 1 aromatic carbocycles. The van der Waals surface area contributed by atoms with Gasteiger partial charge in [0.2, 0.25) is 0 Å². The molecular formula is C31H39ClN6O6. The summed E-state index contributed by atoms with van der Waals surface area (Å²) >= 11 is 6.47. The topological polar surface area (TPSA) is 131 Å². The average Bonchev–Trinajstić information content (AvgIpc) is 3.40. The molecule has 1 aliphatic rings. The van der Waals surface area contributed by atoms with E-state index in [9.17, 15) is 19.2 Å². The zero-order valence-corrected chi connectivity index (χ0v) is 27.1. The first-order valence-corrected chi connectivity index (χ1v) is 15.0. The van der Waals surface area contributed by atoms with Crippen LogP contribution in [0.2, 0.25) is 5.02 Å². The normalized spacial score (nSPS) is 14.9. The molecule has 1 saturated carbocycles. The van der Waals surface area contributed by atoms with Gasteiger partial charge in [0, 0.05) is 24.5 Å². The maximum absolute atomic E-state index is 14.0. The number of carbonyl (C=O) groups is 2. The smallest absolute Gasteiger partial charge is 0.419 e. The second-order valence-corrected chi connectivity index (χ2v) is 13.8. The van der Waals surface area contributed by atoms with Gasteiger partial charge in [0.1, 0.15) is 17.0 Å². The second-order valence-electron chi connectivity index (χ2n) is 13.4. The van der Waals surface area contributed by atoms with E-state index < -0.39 is 40.7 Å². The first kappa shape index (κ1) is 31.4. The molecule has 0 spiro atoms. The van der Waals surface area contributed by atoms with E-state index in [1.165, 1.54) is 16.2 Å². The molecule has 1 amide bonds. The van der Waals surface area contributed by atoms with Crippen LogP contribution in [0.1, 0.15) is 78.4 Å². The van der Waals surface area contributed by atoms with Crippen molar-refractivity contribution in [1.29, 1.82) is 0 Å². The summed E-state index contributed by atoms with van der Waals surface area (Å²) in [6.45, 7) is 10.4. The molecular weight excluding hydrogens is 588 g/mol. The minimum Gasteiger partial charge on any atom is -0.444 e. The minimum atomic E-state index is -0.787. The molecule has 4 aromatic rings. The van der Waals surface area contributed by atoms with Crippen LogP contribution in [0.4, 0.5) is 9.59 Å². The number of halogens is 1. The summed E-state index contributed by atoms with van der Waals surface area (Å²) in [7, 11) is 3.23. The van der Waals surface area contributed by atoms with Crippen LogP contribution in [-0.2, 0) is 30.1 Å². The Hall–Kier alpha value is -4.06. The predicted molar refractivity (Wildman–Crippen MR) is 167 cm³/mol. The number of amides is 1. The molecule has 13 heteroatoms. The number of nitrogens with one attached hydrogen (secondary N) is 1. The highest BCUT2D eigenvalue weighted by atomic mass is 35.5. The van der Waals surface area contributed by atoms with Crippen LogP contribution in [0, 0.1) is 5.92 Å². The van der Waals surface area contributed by atoms with Crippen LogP contribution in [-0.4, -0.2) is 46.6 Å². The summed E-state index contributed by atoms with van der Waals surface area (Å²) in [6.07, 6.45) is 1.54. The summed E-state index contributed by atoms with van der Waals surface area (Å²) in [6, 6.07) is 6.31. The van der Waals surface area contributed by atoms with Gasteiger partial charge in [-0.25, -0.2) is 23.9 Å². The van der Waals surface area contributed by atoms with E-state index in [4.69, 9.17) is 26.1 Å². The van der Waals surface area contributed by atoms with Crippen LogP contribution in [0.25, 0.3) is 22.1 Å². The molecule has 0 aliphatic heterocycles. The Kier molecular flexibility index (Phi) is 7.94. The molecule has 1 atom stereocenters. The van der Waals surface area contributed by atoms with E-state index in [0.717, 1.165) is 23.8 Å². The molecule has 44 heavy (non-hydrogen) atoms. The Morgan fingerprint density at radius 3 is 2.30 bits per heavy atom. The molecule has 1 N–H and O–H groups in total. The summed E-state index contributed by atoms with van der Waals surface area (Å²) < 4.78 is 16.5. The monoisotopic (exact) mass is 626 g/mol. The third kappa shape index (κ3) is 5.87. The van der Waals surface area contributed by atoms with Gasteiger partial charge in [-0.1, -0.05) is 24.1 Å². The van der Waals surface area contributed by atoms with Crippen molar-refractivity contribution in [2.24, 2.45) is 20.0 Å². The number of aromatic nitrogens is 5. The van der Waals surface area contributed by atoms with E-state index in [-0.39, 0.29) is 23.6 Å². The third-order valence-electron chi connectivity index (χ3n) is 7.73. The van der Waals surface area contributed by atoms with Crippen LogP contribution < -0.4 is 16.6 Å². The van der Waals surface area contributed by atoms with Crippen molar-refractivity contribution in [2.45, 2.75) is 84.6 Å². The Morgan fingerprint density at radius 2 is 1.70 bits per heavy atom. The highest BCUT2D eigenvalue weighted by Crippen LogP contribution is 2.38. The van der Waals surface area contributed by atoms with Gasteiger partial charge in [0.15, 0.2) is 11.2 Å². The van der Waals surface area contributed by atoms with Gasteiger partial charge in [-0.3, -0.25) is 13.9 Å². The second kappa shape index (κ2) is 11.1. The number of imidazole rings is 1. The molecule has 1 fully saturated rings. The maximum Gasteiger partial charge on any atom is 0.419 e. The fourth-order valence-electron chi connectivity index (χ4n) is 5.53. The highest BCUT2D eigenvalue weighted by Gasteiger charge is 2.35. The number of hydrogen-bond acceptors (Lipinski definition) is 7. The molecule has 12 nitrogen and oxygen atoms in total. The average molecular weight is 627 g/mol. The maximum atomic E-state index is 14.0. The molecule has 0 saturated heterocycles. The van der Waals surface area contributed by atoms with Crippen molar-refractivity contribution in [1.82, 2.24) is 28.6 Å². The van der Waals surface area contributed by atoms with E-state index in [1.807, 2.05) is 0 Å². The van der Waals surface area contributed by atoms with Crippen LogP contribution in [0.15, 0.2) is 33.9 Å². The standard InChI is InChI=1S/C31H39ClN6O6/c1-30(2,3)43-27(40)33-22(17-11-9-12-17)24-34-25-23(35(24)7)26(39)37(28(41)36(25)8)16-18-15-19-20(32)13-10-14-21(19)38(18)29(42)44-31(4,5)6/h10,13-15,17,22H,9,11-12,16H2,1-8H3,(H,33,40). The number of aryl methyl sites for hydroxylation is 2. The van der Waals surface area contributed by atoms with E-state index in [2.05, 4.69) is 5.32 Å². The molecule has 0 radical (unpaired) electrons. The van der Waals surface area contributed by atoms with E-state index in [1.54, 1.807) is 77.4 Å². The first-order valence-electron chi connectivity index (χ1n) is 14.6. The van der Waals surface area contributed by atoms with Crippen LogP contribution in [0.3, 0.4) is 0 Å². The Labute approximate surface area is 259 Å². The Balaban J connectivity index is 1.63. The minimum absolute atomic E-state index is 0.103. The first-order chi connectivity index (χ1) is 20.5. The van der Waals surface area contributed by atoms with Gasteiger partial charge >= 0.3 is 17.9 Å². The number of rotatable bonds is 5. The zero-order valence-electron chi connectivity index (χ0n) is 26.4. The van der Waals surface area contributed by atoms with E-state index >= 15 is 0 Å². The molecule has 236 valence electrons. The van der Waals surface area contributed by atoms with Crippen molar-refractivity contribution in [2.75, 3.05) is 0 Å². The summed E-state index contributed by atoms with van der Waals surface area (Å²) in [5.41, 5.74) is -1.44. The number of fused-ring (bicyclic) bond motifs is 2. The van der Waals surface area contributed by atoms with Crippen molar-refractivity contribution < 1.29 is 19.1 Å². The molecule has 3 aromatic heterocycles. The molecule has 1 aliphatic carbocycles.